The third-order valence-electron chi connectivity index (χ3n) is 3.56. The molecule has 110 valence electrons. The van der Waals surface area contributed by atoms with Crippen molar-refractivity contribution in [3.63, 3.8) is 0 Å². The summed E-state index contributed by atoms with van der Waals surface area (Å²) in [4.78, 5) is 13.9. The molecular weight excluding hydrogens is 261 g/mol. The van der Waals surface area contributed by atoms with Crippen molar-refractivity contribution in [3.8, 4) is 5.75 Å². The molecule has 0 aromatic heterocycles. The number of hydrogen-bond donors (Lipinski definition) is 1. The summed E-state index contributed by atoms with van der Waals surface area (Å²) >= 11 is 0. The van der Waals surface area contributed by atoms with E-state index in [1.165, 1.54) is 12.1 Å². The van der Waals surface area contributed by atoms with Gasteiger partial charge in [-0.1, -0.05) is 6.07 Å². The largest absolute Gasteiger partial charge is 0.505 e. The van der Waals surface area contributed by atoms with Crippen molar-refractivity contribution >= 4 is 5.91 Å². The summed E-state index contributed by atoms with van der Waals surface area (Å²) in [6.45, 7) is 4.78. The van der Waals surface area contributed by atoms with E-state index in [2.05, 4.69) is 0 Å². The summed E-state index contributed by atoms with van der Waals surface area (Å²) in [6, 6.07) is 4.06. The Balaban J connectivity index is 1.87. The van der Waals surface area contributed by atoms with Crippen LogP contribution in [0.3, 0.4) is 0 Å². The van der Waals surface area contributed by atoms with Crippen LogP contribution in [0.2, 0.25) is 0 Å². The number of likely N-dealkylation sites (tertiary alicyclic amines) is 1. The zero-order chi connectivity index (χ0) is 14.5. The van der Waals surface area contributed by atoms with Crippen LogP contribution in [0.15, 0.2) is 18.2 Å². The maximum Gasteiger partial charge on any atom is 0.227 e. The zero-order valence-corrected chi connectivity index (χ0v) is 11.6. The summed E-state index contributed by atoms with van der Waals surface area (Å²) < 4.78 is 18.6. The number of phenols is 1. The number of ether oxygens (including phenoxy) is 1. The highest BCUT2D eigenvalue weighted by Gasteiger charge is 2.26. The summed E-state index contributed by atoms with van der Waals surface area (Å²) in [6.07, 6.45) is 1.12. The predicted octanol–water partition coefficient (Wildman–Crippen LogP) is 1.96. The molecule has 4 nitrogen and oxygen atoms in total. The minimum atomic E-state index is -0.689. The lowest BCUT2D eigenvalue weighted by molar-refractivity contribution is -0.129. The average molecular weight is 281 g/mol. The highest BCUT2D eigenvalue weighted by molar-refractivity contribution is 5.79. The molecule has 5 heteroatoms. The Morgan fingerprint density at radius 3 is 3.05 bits per heavy atom. The van der Waals surface area contributed by atoms with Crippen LogP contribution in [0.5, 0.6) is 5.75 Å². The summed E-state index contributed by atoms with van der Waals surface area (Å²) in [5, 5.41) is 9.12. The molecule has 0 saturated carbocycles. The smallest absolute Gasteiger partial charge is 0.227 e. The first-order chi connectivity index (χ1) is 9.60. The summed E-state index contributed by atoms with van der Waals surface area (Å²) in [5.74, 6) is -0.686. The van der Waals surface area contributed by atoms with Crippen molar-refractivity contribution in [1.29, 1.82) is 0 Å². The first kappa shape index (κ1) is 14.8. The third kappa shape index (κ3) is 3.70. The van der Waals surface area contributed by atoms with Gasteiger partial charge in [0, 0.05) is 25.6 Å². The molecule has 1 saturated heterocycles. The van der Waals surface area contributed by atoms with Crippen LogP contribution in [0.1, 0.15) is 18.9 Å². The van der Waals surface area contributed by atoms with E-state index >= 15 is 0 Å². The molecule has 1 aromatic rings. The molecule has 0 bridgehead atoms. The van der Waals surface area contributed by atoms with Crippen molar-refractivity contribution in [2.24, 2.45) is 5.92 Å². The molecule has 0 unspecified atom stereocenters. The van der Waals surface area contributed by atoms with E-state index < -0.39 is 5.82 Å². The predicted molar refractivity (Wildman–Crippen MR) is 72.9 cm³/mol. The van der Waals surface area contributed by atoms with Gasteiger partial charge in [0.05, 0.1) is 13.0 Å². The Bertz CT molecular complexity index is 478. The lowest BCUT2D eigenvalue weighted by atomic mass is 10.1. The second kappa shape index (κ2) is 6.70. The molecule has 20 heavy (non-hydrogen) atoms. The molecule has 1 aliphatic rings. The lowest BCUT2D eigenvalue weighted by Crippen LogP contribution is -2.30. The van der Waals surface area contributed by atoms with Crippen molar-refractivity contribution in [2.75, 3.05) is 26.3 Å². The van der Waals surface area contributed by atoms with Gasteiger partial charge in [0.15, 0.2) is 11.6 Å². The number of amides is 1. The first-order valence-electron chi connectivity index (χ1n) is 6.93. The maximum absolute atomic E-state index is 13.2. The molecule has 1 amide bonds. The lowest BCUT2D eigenvalue weighted by Gasteiger charge is -2.16. The second-order valence-electron chi connectivity index (χ2n) is 5.12. The molecule has 1 aliphatic heterocycles. The van der Waals surface area contributed by atoms with Gasteiger partial charge < -0.3 is 14.7 Å². The monoisotopic (exact) mass is 281 g/mol. The van der Waals surface area contributed by atoms with Crippen molar-refractivity contribution in [2.45, 2.75) is 19.8 Å². The summed E-state index contributed by atoms with van der Waals surface area (Å²) in [5.41, 5.74) is 0.582. The van der Waals surface area contributed by atoms with Gasteiger partial charge in [0.2, 0.25) is 5.91 Å². The first-order valence-corrected chi connectivity index (χ1v) is 6.93. The molecule has 1 N–H and O–H groups in total. The van der Waals surface area contributed by atoms with Crippen LogP contribution in [-0.2, 0) is 16.0 Å². The third-order valence-corrected chi connectivity index (χ3v) is 3.56. The van der Waals surface area contributed by atoms with E-state index in [9.17, 15) is 9.18 Å². The van der Waals surface area contributed by atoms with Crippen LogP contribution in [0.25, 0.3) is 0 Å². The van der Waals surface area contributed by atoms with Gasteiger partial charge in [-0.2, -0.15) is 0 Å². The van der Waals surface area contributed by atoms with Crippen LogP contribution < -0.4 is 0 Å². The van der Waals surface area contributed by atoms with Gasteiger partial charge in [-0.05, 0) is 31.0 Å². The number of hydrogen-bond acceptors (Lipinski definition) is 3. The summed E-state index contributed by atoms with van der Waals surface area (Å²) in [7, 11) is 0. The van der Waals surface area contributed by atoms with Crippen molar-refractivity contribution < 1.29 is 19.0 Å². The zero-order valence-electron chi connectivity index (χ0n) is 11.6. The Kier molecular flexibility index (Phi) is 4.95. The Hall–Kier alpha value is -1.62. The normalized spacial score (nSPS) is 18.5. The van der Waals surface area contributed by atoms with Crippen molar-refractivity contribution in [3.05, 3.63) is 29.6 Å². The van der Waals surface area contributed by atoms with Gasteiger partial charge in [-0.15, -0.1) is 0 Å². The highest BCUT2D eigenvalue weighted by atomic mass is 19.1. The number of phenolic OH excluding ortho intramolecular Hbond substituents is 1. The van der Waals surface area contributed by atoms with Gasteiger partial charge in [0.1, 0.15) is 0 Å². The number of carbonyl (C=O) groups excluding carboxylic acids is 1. The fourth-order valence-corrected chi connectivity index (χ4v) is 2.43. The number of benzene rings is 1. The SMILES string of the molecule is CCOC[C@@H]1CCN(C(=O)Cc2ccc(O)c(F)c2)C1. The molecule has 0 spiro atoms. The molecule has 1 heterocycles. The van der Waals surface area contributed by atoms with Gasteiger partial charge in [0.25, 0.3) is 0 Å². The van der Waals surface area contributed by atoms with Crippen LogP contribution in [-0.4, -0.2) is 42.2 Å². The molecule has 1 atom stereocenters. The Morgan fingerprint density at radius 1 is 1.55 bits per heavy atom. The Labute approximate surface area is 118 Å². The molecule has 0 radical (unpaired) electrons. The average Bonchev–Trinajstić information content (AvgIpc) is 2.89. The van der Waals surface area contributed by atoms with Crippen LogP contribution in [0.4, 0.5) is 4.39 Å². The number of carbonyl (C=O) groups is 1. The van der Waals surface area contributed by atoms with E-state index in [-0.39, 0.29) is 18.1 Å². The highest BCUT2D eigenvalue weighted by Crippen LogP contribution is 2.20. The number of rotatable bonds is 5. The Morgan fingerprint density at radius 2 is 2.35 bits per heavy atom. The fraction of sp³-hybridized carbons (Fsp3) is 0.533. The molecular formula is C15H20FNO3. The second-order valence-corrected chi connectivity index (χ2v) is 5.12. The molecule has 0 aliphatic carbocycles. The van der Waals surface area contributed by atoms with Crippen molar-refractivity contribution in [1.82, 2.24) is 4.90 Å². The number of halogens is 1. The molecule has 1 fully saturated rings. The van der Waals surface area contributed by atoms with E-state index in [1.54, 1.807) is 11.0 Å². The minimum Gasteiger partial charge on any atom is -0.505 e. The quantitative estimate of drug-likeness (QED) is 0.897. The fourth-order valence-electron chi connectivity index (χ4n) is 2.43. The number of aromatic hydroxyl groups is 1. The van der Waals surface area contributed by atoms with Gasteiger partial charge in [-0.3, -0.25) is 4.79 Å². The van der Waals surface area contributed by atoms with E-state index in [0.29, 0.717) is 31.2 Å². The van der Waals surface area contributed by atoms with E-state index in [0.717, 1.165) is 13.0 Å². The topological polar surface area (TPSA) is 49.8 Å². The van der Waals surface area contributed by atoms with Gasteiger partial charge in [-0.25, -0.2) is 4.39 Å². The van der Waals surface area contributed by atoms with Gasteiger partial charge >= 0.3 is 0 Å². The van der Waals surface area contributed by atoms with E-state index in [1.807, 2.05) is 6.92 Å². The molecule has 2 rings (SSSR count). The molecule has 1 aromatic carbocycles. The van der Waals surface area contributed by atoms with E-state index in [4.69, 9.17) is 9.84 Å². The maximum atomic E-state index is 13.2. The van der Waals surface area contributed by atoms with Crippen LogP contribution in [0, 0.1) is 11.7 Å². The number of nitrogens with zero attached hydrogens (tertiary/aromatic N) is 1. The minimum absolute atomic E-state index is 0.00547. The standard InChI is InChI=1S/C15H20FNO3/c1-2-20-10-12-5-6-17(9-12)15(19)8-11-3-4-14(18)13(16)7-11/h3-4,7,12,18H,2,5-6,8-10H2,1H3/t12-/m1/s1. The van der Waals surface area contributed by atoms with Crippen LogP contribution >= 0.6 is 0 Å².